The highest BCUT2D eigenvalue weighted by molar-refractivity contribution is 5.74. The van der Waals surface area contributed by atoms with Crippen molar-refractivity contribution in [2.24, 2.45) is 0 Å². The predicted molar refractivity (Wildman–Crippen MR) is 57.9 cm³/mol. The van der Waals surface area contributed by atoms with Crippen molar-refractivity contribution in [2.45, 2.75) is 59.3 Å². The minimum Gasteiger partial charge on any atom is -0.326 e. The molecule has 3 heteroatoms. The molecule has 0 spiro atoms. The summed E-state index contributed by atoms with van der Waals surface area (Å²) in [5, 5.41) is 0. The molecule has 1 rings (SSSR count). The van der Waals surface area contributed by atoms with Crippen LogP contribution in [-0.2, 0) is 4.79 Å². The molecule has 1 amide bonds. The fourth-order valence-corrected chi connectivity index (χ4v) is 2.58. The van der Waals surface area contributed by atoms with E-state index in [-0.39, 0.29) is 5.91 Å². The Balaban J connectivity index is 2.82. The van der Waals surface area contributed by atoms with Crippen molar-refractivity contribution in [3.63, 3.8) is 0 Å². The molecule has 14 heavy (non-hydrogen) atoms. The molecule has 2 atom stereocenters. The maximum absolute atomic E-state index is 11.4. The van der Waals surface area contributed by atoms with Crippen LogP contribution in [0.1, 0.15) is 41.0 Å². The Bertz CT molecular complexity index is 215. The van der Waals surface area contributed by atoms with E-state index in [1.54, 1.807) is 6.92 Å². The van der Waals surface area contributed by atoms with Gasteiger partial charge in [0.25, 0.3) is 0 Å². The molecule has 1 aliphatic rings. The number of carbonyl (C=O) groups excluding carboxylic acids is 1. The van der Waals surface area contributed by atoms with Crippen LogP contribution in [0.5, 0.6) is 0 Å². The van der Waals surface area contributed by atoms with Gasteiger partial charge in [0, 0.05) is 25.6 Å². The third-order valence-corrected chi connectivity index (χ3v) is 3.04. The second-order valence-corrected chi connectivity index (χ2v) is 4.45. The van der Waals surface area contributed by atoms with E-state index >= 15 is 0 Å². The molecule has 82 valence electrons. The average Bonchev–Trinajstić information content (AvgIpc) is 2.41. The zero-order valence-corrected chi connectivity index (χ0v) is 9.95. The summed E-state index contributed by atoms with van der Waals surface area (Å²) in [6.07, 6.45) is 1.32. The van der Waals surface area contributed by atoms with Gasteiger partial charge in [-0.1, -0.05) is 6.92 Å². The first-order valence-corrected chi connectivity index (χ1v) is 5.53. The van der Waals surface area contributed by atoms with Crippen molar-refractivity contribution < 1.29 is 4.79 Å². The maximum atomic E-state index is 11.4. The van der Waals surface area contributed by atoms with Gasteiger partial charge < -0.3 is 4.90 Å². The average molecular weight is 198 g/mol. The highest BCUT2D eigenvalue weighted by atomic mass is 16.2. The van der Waals surface area contributed by atoms with E-state index in [1.165, 1.54) is 0 Å². The lowest BCUT2D eigenvalue weighted by molar-refractivity contribution is -0.131. The monoisotopic (exact) mass is 198 g/mol. The molecule has 1 saturated heterocycles. The highest BCUT2D eigenvalue weighted by Gasteiger charge is 2.38. The number of amides is 1. The van der Waals surface area contributed by atoms with Gasteiger partial charge in [0.2, 0.25) is 5.91 Å². The summed E-state index contributed by atoms with van der Waals surface area (Å²) in [6.45, 7) is 11.3. The molecule has 0 radical (unpaired) electrons. The van der Waals surface area contributed by atoms with Crippen LogP contribution < -0.4 is 0 Å². The molecule has 0 aliphatic carbocycles. The second kappa shape index (κ2) is 4.30. The Morgan fingerprint density at radius 1 is 1.50 bits per heavy atom. The van der Waals surface area contributed by atoms with Crippen molar-refractivity contribution in [3.05, 3.63) is 0 Å². The summed E-state index contributed by atoms with van der Waals surface area (Å²) in [5.74, 6) is 0.201. The van der Waals surface area contributed by atoms with E-state index in [4.69, 9.17) is 0 Å². The second-order valence-electron chi connectivity index (χ2n) is 4.45. The van der Waals surface area contributed by atoms with E-state index in [2.05, 4.69) is 32.6 Å². The van der Waals surface area contributed by atoms with Crippen LogP contribution in [0, 0.1) is 0 Å². The van der Waals surface area contributed by atoms with Crippen LogP contribution in [0.4, 0.5) is 0 Å². The molecule has 0 aromatic heterocycles. The summed E-state index contributed by atoms with van der Waals surface area (Å²) >= 11 is 0. The molecule has 1 heterocycles. The molecule has 1 unspecified atom stereocenters. The van der Waals surface area contributed by atoms with Crippen molar-refractivity contribution in [2.75, 3.05) is 6.54 Å². The molecular weight excluding hydrogens is 176 g/mol. The van der Waals surface area contributed by atoms with Crippen LogP contribution in [0.25, 0.3) is 0 Å². The predicted octanol–water partition coefficient (Wildman–Crippen LogP) is 1.68. The summed E-state index contributed by atoms with van der Waals surface area (Å²) in [6, 6.07) is 1.00. The van der Waals surface area contributed by atoms with Gasteiger partial charge in [0.1, 0.15) is 0 Å². The number of nitrogens with zero attached hydrogens (tertiary/aromatic N) is 2. The zero-order chi connectivity index (χ0) is 10.9. The van der Waals surface area contributed by atoms with Gasteiger partial charge in [-0.2, -0.15) is 0 Å². The molecule has 0 saturated carbocycles. The lowest BCUT2D eigenvalue weighted by Gasteiger charge is -2.33. The van der Waals surface area contributed by atoms with Gasteiger partial charge in [0.05, 0.1) is 6.17 Å². The van der Waals surface area contributed by atoms with E-state index in [9.17, 15) is 4.79 Å². The van der Waals surface area contributed by atoms with E-state index in [1.807, 2.05) is 4.90 Å². The van der Waals surface area contributed by atoms with Crippen molar-refractivity contribution in [1.82, 2.24) is 9.80 Å². The van der Waals surface area contributed by atoms with Gasteiger partial charge >= 0.3 is 0 Å². The third-order valence-electron chi connectivity index (χ3n) is 3.04. The standard InChI is InChI=1S/C11H22N2O/c1-6-11-12(10(5)14)7-9(4)13(11)8(2)3/h8-9,11H,6-7H2,1-5H3/t9-,11?/m0/s1. The van der Waals surface area contributed by atoms with Gasteiger partial charge in [-0.3, -0.25) is 9.69 Å². The Hall–Kier alpha value is -0.570. The van der Waals surface area contributed by atoms with Crippen LogP contribution in [0.2, 0.25) is 0 Å². The summed E-state index contributed by atoms with van der Waals surface area (Å²) in [4.78, 5) is 15.9. The third kappa shape index (κ3) is 1.92. The molecule has 3 nitrogen and oxygen atoms in total. The zero-order valence-electron chi connectivity index (χ0n) is 9.95. The topological polar surface area (TPSA) is 23.6 Å². The molecule has 0 aromatic rings. The molecule has 1 aliphatic heterocycles. The minimum atomic E-state index is 0.201. The molecule has 1 fully saturated rings. The Kier molecular flexibility index (Phi) is 3.53. The quantitative estimate of drug-likeness (QED) is 0.674. The first-order valence-electron chi connectivity index (χ1n) is 5.53. The van der Waals surface area contributed by atoms with Crippen molar-refractivity contribution in [1.29, 1.82) is 0 Å². The van der Waals surface area contributed by atoms with Crippen LogP contribution in [0.15, 0.2) is 0 Å². The lowest BCUT2D eigenvalue weighted by Crippen LogP contribution is -2.44. The van der Waals surface area contributed by atoms with Gasteiger partial charge in [0.15, 0.2) is 0 Å². The van der Waals surface area contributed by atoms with Crippen molar-refractivity contribution in [3.8, 4) is 0 Å². The minimum absolute atomic E-state index is 0.201. The maximum Gasteiger partial charge on any atom is 0.220 e. The smallest absolute Gasteiger partial charge is 0.220 e. The first kappa shape index (κ1) is 11.5. The Morgan fingerprint density at radius 2 is 2.07 bits per heavy atom. The molecule has 0 N–H and O–H groups in total. The number of hydrogen-bond donors (Lipinski definition) is 0. The van der Waals surface area contributed by atoms with Crippen LogP contribution >= 0.6 is 0 Å². The summed E-state index contributed by atoms with van der Waals surface area (Å²) in [5.41, 5.74) is 0. The van der Waals surface area contributed by atoms with Gasteiger partial charge in [-0.25, -0.2) is 0 Å². The molecule has 0 aromatic carbocycles. The summed E-state index contributed by atoms with van der Waals surface area (Å²) in [7, 11) is 0. The number of hydrogen-bond acceptors (Lipinski definition) is 2. The SMILES string of the molecule is CCC1N(C(C)=O)C[C@H](C)N1C(C)C. The fourth-order valence-electron chi connectivity index (χ4n) is 2.58. The van der Waals surface area contributed by atoms with Crippen LogP contribution in [0.3, 0.4) is 0 Å². The van der Waals surface area contributed by atoms with Crippen LogP contribution in [-0.4, -0.2) is 40.5 Å². The lowest BCUT2D eigenvalue weighted by atomic mass is 10.2. The molecular formula is C11H22N2O. The normalized spacial score (nSPS) is 28.9. The first-order chi connectivity index (χ1) is 6.49. The van der Waals surface area contributed by atoms with Crippen molar-refractivity contribution >= 4 is 5.91 Å². The van der Waals surface area contributed by atoms with Gasteiger partial charge in [-0.15, -0.1) is 0 Å². The Labute approximate surface area is 87.1 Å². The van der Waals surface area contributed by atoms with Gasteiger partial charge in [-0.05, 0) is 27.2 Å². The number of rotatable bonds is 2. The Morgan fingerprint density at radius 3 is 2.43 bits per heavy atom. The highest BCUT2D eigenvalue weighted by Crippen LogP contribution is 2.25. The van der Waals surface area contributed by atoms with E-state index in [0.717, 1.165) is 13.0 Å². The number of carbonyl (C=O) groups is 1. The molecule has 0 bridgehead atoms. The fraction of sp³-hybridized carbons (Fsp3) is 0.909. The summed E-state index contributed by atoms with van der Waals surface area (Å²) < 4.78 is 0. The van der Waals surface area contributed by atoms with E-state index < -0.39 is 0 Å². The van der Waals surface area contributed by atoms with E-state index in [0.29, 0.717) is 18.2 Å². The largest absolute Gasteiger partial charge is 0.326 e.